The zero-order chi connectivity index (χ0) is 22.0. The number of pyridine rings is 1. The van der Waals surface area contributed by atoms with Crippen molar-refractivity contribution in [3.05, 3.63) is 59.2 Å². The van der Waals surface area contributed by atoms with Gasteiger partial charge in [-0.15, -0.1) is 0 Å². The van der Waals surface area contributed by atoms with E-state index in [0.717, 1.165) is 35.3 Å². The average molecular weight is 455 g/mol. The van der Waals surface area contributed by atoms with Gasteiger partial charge in [-0.05, 0) is 54.8 Å². The maximum Gasteiger partial charge on any atom is 0.257 e. The van der Waals surface area contributed by atoms with Gasteiger partial charge in [-0.25, -0.2) is 0 Å². The summed E-state index contributed by atoms with van der Waals surface area (Å²) in [5, 5.41) is 4.43. The van der Waals surface area contributed by atoms with Gasteiger partial charge in [0.25, 0.3) is 5.91 Å². The van der Waals surface area contributed by atoms with E-state index in [1.165, 1.54) is 0 Å². The fourth-order valence-corrected chi connectivity index (χ4v) is 4.46. The Labute approximate surface area is 190 Å². The third-order valence-electron chi connectivity index (χ3n) is 6.10. The van der Waals surface area contributed by atoms with E-state index in [0.29, 0.717) is 36.0 Å². The monoisotopic (exact) mass is 454 g/mol. The summed E-state index contributed by atoms with van der Waals surface area (Å²) < 4.78 is 22.4. The second-order valence-electron chi connectivity index (χ2n) is 7.97. The Kier molecular flexibility index (Phi) is 5.76. The van der Waals surface area contributed by atoms with Gasteiger partial charge >= 0.3 is 0 Å². The van der Waals surface area contributed by atoms with E-state index in [-0.39, 0.29) is 24.7 Å². The first-order valence-corrected chi connectivity index (χ1v) is 10.9. The molecule has 2 aromatic carbocycles. The Morgan fingerprint density at radius 1 is 1.12 bits per heavy atom. The largest absolute Gasteiger partial charge is 0.481 e. The molecule has 5 rings (SSSR count). The number of carbonyl (C=O) groups excluding carboxylic acids is 1. The van der Waals surface area contributed by atoms with Gasteiger partial charge in [0.2, 0.25) is 6.79 Å². The number of rotatable bonds is 6. The number of nitrogens with zero attached hydrogens (tertiary/aromatic N) is 1. The molecule has 2 aliphatic rings. The summed E-state index contributed by atoms with van der Waals surface area (Å²) >= 11 is 6.23. The molecule has 3 aromatic rings. The molecule has 0 radical (unpaired) electrons. The van der Waals surface area contributed by atoms with Crippen LogP contribution in [0.25, 0.3) is 10.9 Å². The summed E-state index contributed by atoms with van der Waals surface area (Å²) in [5.41, 5.74) is 1.51. The van der Waals surface area contributed by atoms with Crippen molar-refractivity contribution in [1.29, 1.82) is 0 Å². The smallest absolute Gasteiger partial charge is 0.257 e. The summed E-state index contributed by atoms with van der Waals surface area (Å²) in [6.07, 6.45) is 3.28. The van der Waals surface area contributed by atoms with Crippen molar-refractivity contribution < 1.29 is 23.7 Å². The van der Waals surface area contributed by atoms with Gasteiger partial charge in [0.1, 0.15) is 11.3 Å². The van der Waals surface area contributed by atoms with Gasteiger partial charge in [0.15, 0.2) is 18.1 Å². The standard InChI is InChI=1S/C24H23ClN2O5/c25-18-4-6-20(23-17(18)2-1-9-26-23)30-13-22(28)27-14-24(7-10-29-11-8-24)16-3-5-19-21(12-16)32-15-31-19/h1-6,9,12H,7-8,10-11,13-15H2,(H,27,28). The van der Waals surface area contributed by atoms with Gasteiger partial charge < -0.3 is 24.3 Å². The number of aromatic nitrogens is 1. The number of hydrogen-bond acceptors (Lipinski definition) is 6. The van der Waals surface area contributed by atoms with Gasteiger partial charge in [0.05, 0.1) is 5.02 Å². The van der Waals surface area contributed by atoms with E-state index in [2.05, 4.69) is 10.3 Å². The van der Waals surface area contributed by atoms with Gasteiger partial charge in [0, 0.05) is 36.8 Å². The summed E-state index contributed by atoms with van der Waals surface area (Å²) in [7, 11) is 0. The number of fused-ring (bicyclic) bond motifs is 2. The molecule has 32 heavy (non-hydrogen) atoms. The molecule has 7 nitrogen and oxygen atoms in total. The molecule has 3 heterocycles. The maximum atomic E-state index is 12.7. The highest BCUT2D eigenvalue weighted by Crippen LogP contribution is 2.40. The lowest BCUT2D eigenvalue weighted by Gasteiger charge is -2.38. The van der Waals surface area contributed by atoms with Crippen molar-refractivity contribution in [2.45, 2.75) is 18.3 Å². The van der Waals surface area contributed by atoms with Crippen LogP contribution in [0.2, 0.25) is 5.02 Å². The van der Waals surface area contributed by atoms with Crippen molar-refractivity contribution in [2.75, 3.05) is 33.2 Å². The van der Waals surface area contributed by atoms with E-state index < -0.39 is 0 Å². The van der Waals surface area contributed by atoms with Crippen LogP contribution in [0.15, 0.2) is 48.7 Å². The lowest BCUT2D eigenvalue weighted by atomic mass is 9.74. The van der Waals surface area contributed by atoms with Crippen molar-refractivity contribution in [1.82, 2.24) is 10.3 Å². The van der Waals surface area contributed by atoms with E-state index in [1.54, 1.807) is 18.3 Å². The number of halogens is 1. The van der Waals surface area contributed by atoms with Crippen LogP contribution in [0, 0.1) is 0 Å². The van der Waals surface area contributed by atoms with Crippen LogP contribution in [0.3, 0.4) is 0 Å². The Morgan fingerprint density at radius 2 is 1.97 bits per heavy atom. The van der Waals surface area contributed by atoms with Crippen LogP contribution in [-0.2, 0) is 14.9 Å². The maximum absolute atomic E-state index is 12.7. The van der Waals surface area contributed by atoms with Crippen LogP contribution in [-0.4, -0.2) is 44.0 Å². The number of nitrogens with one attached hydrogen (secondary N) is 1. The van der Waals surface area contributed by atoms with Crippen LogP contribution >= 0.6 is 11.6 Å². The van der Waals surface area contributed by atoms with Gasteiger partial charge in [-0.3, -0.25) is 9.78 Å². The normalized spacial score (nSPS) is 16.7. The lowest BCUT2D eigenvalue weighted by molar-refractivity contribution is -0.123. The van der Waals surface area contributed by atoms with Crippen LogP contribution < -0.4 is 19.5 Å². The molecule has 2 aliphatic heterocycles. The zero-order valence-electron chi connectivity index (χ0n) is 17.4. The highest BCUT2D eigenvalue weighted by molar-refractivity contribution is 6.35. The minimum absolute atomic E-state index is 0.110. The third-order valence-corrected chi connectivity index (χ3v) is 6.43. The number of carbonyl (C=O) groups is 1. The van der Waals surface area contributed by atoms with E-state index in [1.807, 2.05) is 30.3 Å². The molecule has 1 saturated heterocycles. The Hall–Kier alpha value is -3.03. The summed E-state index contributed by atoms with van der Waals surface area (Å²) in [4.78, 5) is 17.0. The highest BCUT2D eigenvalue weighted by atomic mass is 35.5. The molecule has 0 bridgehead atoms. The highest BCUT2D eigenvalue weighted by Gasteiger charge is 2.36. The molecule has 0 atom stereocenters. The fraction of sp³-hybridized carbons (Fsp3) is 0.333. The molecule has 0 saturated carbocycles. The van der Waals surface area contributed by atoms with Gasteiger partial charge in [-0.1, -0.05) is 17.7 Å². The SMILES string of the molecule is O=C(COc1ccc(Cl)c2cccnc12)NCC1(c2ccc3c(c2)OCO3)CCOCC1. The summed E-state index contributed by atoms with van der Waals surface area (Å²) in [5.74, 6) is 1.81. The predicted octanol–water partition coefficient (Wildman–Crippen LogP) is 3.86. The Bertz CT molecular complexity index is 1150. The van der Waals surface area contributed by atoms with Crippen LogP contribution in [0.5, 0.6) is 17.2 Å². The minimum atomic E-state index is -0.233. The number of ether oxygens (including phenoxy) is 4. The van der Waals surface area contributed by atoms with Crippen molar-refractivity contribution in [3.8, 4) is 17.2 Å². The second kappa shape index (κ2) is 8.84. The molecule has 0 aliphatic carbocycles. The quantitative estimate of drug-likeness (QED) is 0.609. The lowest BCUT2D eigenvalue weighted by Crippen LogP contribution is -2.45. The molecule has 166 valence electrons. The van der Waals surface area contributed by atoms with Crippen molar-refractivity contribution >= 4 is 28.4 Å². The first-order chi connectivity index (χ1) is 15.6. The second-order valence-corrected chi connectivity index (χ2v) is 8.38. The molecule has 0 spiro atoms. The molecule has 1 fully saturated rings. The molecule has 1 N–H and O–H groups in total. The minimum Gasteiger partial charge on any atom is -0.481 e. The number of amides is 1. The number of hydrogen-bond donors (Lipinski definition) is 1. The van der Waals surface area contributed by atoms with E-state index >= 15 is 0 Å². The van der Waals surface area contributed by atoms with Crippen molar-refractivity contribution in [2.24, 2.45) is 0 Å². The molecule has 1 aromatic heterocycles. The molecule has 1 amide bonds. The third kappa shape index (κ3) is 4.06. The van der Waals surface area contributed by atoms with Crippen LogP contribution in [0.4, 0.5) is 0 Å². The zero-order valence-corrected chi connectivity index (χ0v) is 18.2. The molecular formula is C24H23ClN2O5. The van der Waals surface area contributed by atoms with E-state index in [9.17, 15) is 4.79 Å². The van der Waals surface area contributed by atoms with E-state index in [4.69, 9.17) is 30.5 Å². The van der Waals surface area contributed by atoms with Crippen LogP contribution in [0.1, 0.15) is 18.4 Å². The first-order valence-electron chi connectivity index (χ1n) is 10.6. The molecular weight excluding hydrogens is 432 g/mol. The molecule has 0 unspecified atom stereocenters. The average Bonchev–Trinajstić information content (AvgIpc) is 3.31. The Morgan fingerprint density at radius 3 is 2.84 bits per heavy atom. The topological polar surface area (TPSA) is 78.9 Å². The predicted molar refractivity (Wildman–Crippen MR) is 120 cm³/mol. The first kappa shape index (κ1) is 20.8. The Balaban J connectivity index is 1.27. The summed E-state index contributed by atoms with van der Waals surface area (Å²) in [6, 6.07) is 13.2. The number of benzene rings is 2. The van der Waals surface area contributed by atoms with Gasteiger partial charge in [-0.2, -0.15) is 0 Å². The molecule has 8 heteroatoms. The summed E-state index contributed by atoms with van der Waals surface area (Å²) in [6.45, 7) is 1.89. The fourth-order valence-electron chi connectivity index (χ4n) is 4.25. The van der Waals surface area contributed by atoms with Crippen molar-refractivity contribution in [3.63, 3.8) is 0 Å².